The molecule has 3 heterocycles. The van der Waals surface area contributed by atoms with Crippen LogP contribution in [0.4, 0.5) is 0 Å². The second kappa shape index (κ2) is 8.72. The normalized spacial score (nSPS) is 25.9. The van der Waals surface area contributed by atoms with Crippen molar-refractivity contribution in [3.63, 3.8) is 0 Å². The van der Waals surface area contributed by atoms with Gasteiger partial charge in [0.1, 0.15) is 0 Å². The maximum atomic E-state index is 12.1. The van der Waals surface area contributed by atoms with Crippen molar-refractivity contribution in [2.45, 2.75) is 56.8 Å². The van der Waals surface area contributed by atoms with Crippen molar-refractivity contribution in [1.82, 2.24) is 15.1 Å². The number of carbonyl (C=O) groups excluding carboxylic acids is 1. The Bertz CT molecular complexity index is 607. The van der Waals surface area contributed by atoms with Crippen LogP contribution >= 0.6 is 0 Å². The van der Waals surface area contributed by atoms with Crippen LogP contribution in [0.25, 0.3) is 0 Å². The molecule has 1 N–H and O–H groups in total. The minimum Gasteiger partial charge on any atom is -0.370 e. The van der Waals surface area contributed by atoms with Crippen LogP contribution in [0.5, 0.6) is 0 Å². The van der Waals surface area contributed by atoms with E-state index in [2.05, 4.69) is 45.4 Å². The van der Waals surface area contributed by atoms with Crippen molar-refractivity contribution in [3.8, 4) is 0 Å². The minimum absolute atomic E-state index is 0.0531. The molecule has 0 aliphatic carbocycles. The van der Waals surface area contributed by atoms with E-state index in [1.165, 1.54) is 18.4 Å². The molecule has 1 atom stereocenters. The summed E-state index contributed by atoms with van der Waals surface area (Å²) < 4.78 is 6.45. The Labute approximate surface area is 163 Å². The number of carbonyl (C=O) groups is 1. The van der Waals surface area contributed by atoms with E-state index in [-0.39, 0.29) is 17.6 Å². The van der Waals surface area contributed by atoms with Crippen LogP contribution in [0.3, 0.4) is 0 Å². The molecule has 1 aromatic rings. The molecule has 27 heavy (non-hydrogen) atoms. The van der Waals surface area contributed by atoms with Crippen LogP contribution in [0.15, 0.2) is 30.3 Å². The van der Waals surface area contributed by atoms with E-state index in [0.29, 0.717) is 13.1 Å². The third-order valence-corrected chi connectivity index (χ3v) is 6.45. The predicted octanol–water partition coefficient (Wildman–Crippen LogP) is 2.41. The number of hydrogen-bond donors (Lipinski definition) is 1. The van der Waals surface area contributed by atoms with Crippen LogP contribution in [0.1, 0.15) is 44.1 Å². The van der Waals surface area contributed by atoms with Crippen LogP contribution in [-0.2, 0) is 16.1 Å². The van der Waals surface area contributed by atoms with Gasteiger partial charge in [-0.1, -0.05) is 30.3 Å². The lowest BCUT2D eigenvalue weighted by Crippen LogP contribution is -2.45. The van der Waals surface area contributed by atoms with E-state index < -0.39 is 0 Å². The predicted molar refractivity (Wildman–Crippen MR) is 106 cm³/mol. The fraction of sp³-hybridized carbons (Fsp3) is 0.682. The lowest BCUT2D eigenvalue weighted by atomic mass is 9.88. The molecule has 5 nitrogen and oxygen atoms in total. The Hall–Kier alpha value is -1.43. The minimum atomic E-state index is 0.0531. The quantitative estimate of drug-likeness (QED) is 0.834. The largest absolute Gasteiger partial charge is 0.370 e. The first-order valence-electron chi connectivity index (χ1n) is 10.6. The van der Waals surface area contributed by atoms with Gasteiger partial charge in [-0.05, 0) is 57.2 Å². The zero-order chi connectivity index (χ0) is 18.5. The van der Waals surface area contributed by atoms with Crippen LogP contribution < -0.4 is 5.32 Å². The van der Waals surface area contributed by atoms with E-state index in [0.717, 1.165) is 58.4 Å². The highest BCUT2D eigenvalue weighted by Crippen LogP contribution is 2.38. The molecule has 4 rings (SSSR count). The summed E-state index contributed by atoms with van der Waals surface area (Å²) in [6, 6.07) is 10.7. The number of nitrogens with zero attached hydrogens (tertiary/aromatic N) is 2. The van der Waals surface area contributed by atoms with Crippen molar-refractivity contribution >= 4 is 5.91 Å². The van der Waals surface area contributed by atoms with E-state index in [1.807, 2.05) is 0 Å². The molecular formula is C22H33N3O2. The first-order valence-corrected chi connectivity index (χ1v) is 10.6. The molecular weight excluding hydrogens is 338 g/mol. The van der Waals surface area contributed by atoms with Gasteiger partial charge in [-0.25, -0.2) is 0 Å². The summed E-state index contributed by atoms with van der Waals surface area (Å²) in [4.78, 5) is 16.9. The monoisotopic (exact) mass is 371 g/mol. The summed E-state index contributed by atoms with van der Waals surface area (Å²) in [5.74, 6) is 0.152. The summed E-state index contributed by atoms with van der Waals surface area (Å²) in [7, 11) is 0. The Morgan fingerprint density at radius 1 is 1.04 bits per heavy atom. The van der Waals surface area contributed by atoms with E-state index in [4.69, 9.17) is 4.74 Å². The van der Waals surface area contributed by atoms with Crippen molar-refractivity contribution in [2.24, 2.45) is 0 Å². The average molecular weight is 372 g/mol. The van der Waals surface area contributed by atoms with Crippen molar-refractivity contribution in [3.05, 3.63) is 35.9 Å². The number of rotatable bonds is 6. The lowest BCUT2D eigenvalue weighted by Gasteiger charge is -2.39. The number of piperidine rings is 1. The first-order chi connectivity index (χ1) is 13.2. The van der Waals surface area contributed by atoms with Crippen LogP contribution in [0, 0.1) is 0 Å². The number of nitrogens with one attached hydrogen (secondary N) is 1. The molecule has 0 radical (unpaired) electrons. The SMILES string of the molecule is O=C(CN1CCCC1)NC[C@@H]1CCC2(CCN(Cc3ccccc3)CC2)O1. The molecule has 3 aliphatic rings. The highest BCUT2D eigenvalue weighted by molar-refractivity contribution is 5.78. The summed E-state index contributed by atoms with van der Waals surface area (Å²) in [5, 5.41) is 3.10. The van der Waals surface area contributed by atoms with Gasteiger partial charge in [0.25, 0.3) is 0 Å². The van der Waals surface area contributed by atoms with Gasteiger partial charge in [-0.15, -0.1) is 0 Å². The Morgan fingerprint density at radius 3 is 2.52 bits per heavy atom. The topological polar surface area (TPSA) is 44.8 Å². The second-order valence-corrected chi connectivity index (χ2v) is 8.51. The molecule has 3 aliphatic heterocycles. The highest BCUT2D eigenvalue weighted by Gasteiger charge is 2.42. The average Bonchev–Trinajstić information content (AvgIpc) is 3.33. The second-order valence-electron chi connectivity index (χ2n) is 8.51. The van der Waals surface area contributed by atoms with E-state index in [9.17, 15) is 4.79 Å². The van der Waals surface area contributed by atoms with E-state index >= 15 is 0 Å². The van der Waals surface area contributed by atoms with Gasteiger partial charge in [-0.3, -0.25) is 14.6 Å². The third-order valence-electron chi connectivity index (χ3n) is 6.45. The zero-order valence-corrected chi connectivity index (χ0v) is 16.4. The third kappa shape index (κ3) is 5.09. The van der Waals surface area contributed by atoms with Crippen LogP contribution in [0.2, 0.25) is 0 Å². The fourth-order valence-corrected chi connectivity index (χ4v) is 4.79. The van der Waals surface area contributed by atoms with Gasteiger partial charge in [0.05, 0.1) is 18.2 Å². The summed E-state index contributed by atoms with van der Waals surface area (Å²) >= 11 is 0. The Kier molecular flexibility index (Phi) is 6.11. The maximum Gasteiger partial charge on any atom is 0.234 e. The smallest absolute Gasteiger partial charge is 0.234 e. The summed E-state index contributed by atoms with van der Waals surface area (Å²) in [5.41, 5.74) is 1.44. The molecule has 1 amide bonds. The summed E-state index contributed by atoms with van der Waals surface area (Å²) in [6.45, 7) is 6.58. The van der Waals surface area contributed by atoms with E-state index in [1.54, 1.807) is 0 Å². The molecule has 1 spiro atoms. The number of likely N-dealkylation sites (tertiary alicyclic amines) is 2. The molecule has 1 aromatic carbocycles. The Morgan fingerprint density at radius 2 is 1.78 bits per heavy atom. The maximum absolute atomic E-state index is 12.1. The van der Waals surface area contributed by atoms with Crippen molar-refractivity contribution < 1.29 is 9.53 Å². The first kappa shape index (κ1) is 18.9. The molecule has 148 valence electrons. The van der Waals surface area contributed by atoms with Gasteiger partial charge in [-0.2, -0.15) is 0 Å². The molecule has 3 fully saturated rings. The molecule has 0 bridgehead atoms. The molecule has 0 aromatic heterocycles. The van der Waals surface area contributed by atoms with Gasteiger partial charge in [0, 0.05) is 26.2 Å². The highest BCUT2D eigenvalue weighted by atomic mass is 16.5. The number of benzene rings is 1. The standard InChI is InChI=1S/C22H33N3O2/c26-21(18-24-12-4-5-13-24)23-16-20-8-9-22(27-20)10-14-25(15-11-22)17-19-6-2-1-3-7-19/h1-3,6-7,20H,4-5,8-18H2,(H,23,26)/t20-/m0/s1. The molecule has 0 saturated carbocycles. The molecule has 3 saturated heterocycles. The fourth-order valence-electron chi connectivity index (χ4n) is 4.79. The van der Waals surface area contributed by atoms with Crippen LogP contribution in [-0.4, -0.2) is 66.7 Å². The molecule has 5 heteroatoms. The summed E-state index contributed by atoms with van der Waals surface area (Å²) in [6.07, 6.45) is 7.07. The zero-order valence-electron chi connectivity index (χ0n) is 16.4. The lowest BCUT2D eigenvalue weighted by molar-refractivity contribution is -0.123. The van der Waals surface area contributed by atoms with Crippen molar-refractivity contribution in [2.75, 3.05) is 39.3 Å². The van der Waals surface area contributed by atoms with Gasteiger partial charge >= 0.3 is 0 Å². The molecule has 0 unspecified atom stereocenters. The number of amides is 1. The van der Waals surface area contributed by atoms with Gasteiger partial charge in [0.2, 0.25) is 5.91 Å². The van der Waals surface area contributed by atoms with Gasteiger partial charge in [0.15, 0.2) is 0 Å². The van der Waals surface area contributed by atoms with Gasteiger partial charge < -0.3 is 10.1 Å². The Balaban J connectivity index is 1.17. The number of hydrogen-bond acceptors (Lipinski definition) is 4. The van der Waals surface area contributed by atoms with Crippen molar-refractivity contribution in [1.29, 1.82) is 0 Å². The number of ether oxygens (including phenoxy) is 1.